The van der Waals surface area contributed by atoms with E-state index in [-0.39, 0.29) is 25.2 Å². The van der Waals surface area contributed by atoms with E-state index in [1.165, 1.54) is 0 Å². The van der Waals surface area contributed by atoms with Crippen LogP contribution in [0.2, 0.25) is 0 Å². The van der Waals surface area contributed by atoms with Crippen LogP contribution in [-0.2, 0) is 4.74 Å². The molecule has 0 aromatic rings. The van der Waals surface area contributed by atoms with Crippen molar-refractivity contribution in [1.82, 2.24) is 0 Å². The lowest BCUT2D eigenvalue weighted by molar-refractivity contribution is -0.0350. The summed E-state index contributed by atoms with van der Waals surface area (Å²) in [6.45, 7) is 2.06. The van der Waals surface area contributed by atoms with Crippen LogP contribution in [0.3, 0.4) is 0 Å². The van der Waals surface area contributed by atoms with Gasteiger partial charge in [0.1, 0.15) is 0 Å². The van der Waals surface area contributed by atoms with Crippen molar-refractivity contribution >= 4 is 0 Å². The summed E-state index contributed by atoms with van der Waals surface area (Å²) < 4.78 is 5.25. The molecular formula is C11H18O3. The average Bonchev–Trinajstić information content (AvgIpc) is 2.26. The predicted molar refractivity (Wildman–Crippen MR) is 54.9 cm³/mol. The first kappa shape index (κ1) is 11.4. The van der Waals surface area contributed by atoms with E-state index < -0.39 is 6.10 Å². The monoisotopic (exact) mass is 198 g/mol. The topological polar surface area (TPSA) is 49.7 Å². The van der Waals surface area contributed by atoms with E-state index >= 15 is 0 Å². The summed E-state index contributed by atoms with van der Waals surface area (Å²) in [5.41, 5.74) is 0. The number of rotatable bonds is 5. The first-order valence-corrected chi connectivity index (χ1v) is 4.98. The highest BCUT2D eigenvalue weighted by molar-refractivity contribution is 5.12. The Morgan fingerprint density at radius 1 is 1.50 bits per heavy atom. The maximum atomic E-state index is 9.73. The molecule has 1 aliphatic rings. The molecule has 0 aliphatic heterocycles. The second-order valence-corrected chi connectivity index (χ2v) is 3.61. The fraction of sp³-hybridized carbons (Fsp3) is 0.636. The zero-order chi connectivity index (χ0) is 10.4. The summed E-state index contributed by atoms with van der Waals surface area (Å²) in [4.78, 5) is 0. The molecule has 2 N–H and O–H groups in total. The van der Waals surface area contributed by atoms with Gasteiger partial charge in [0.15, 0.2) is 0 Å². The Labute approximate surface area is 84.7 Å². The van der Waals surface area contributed by atoms with E-state index in [1.807, 2.05) is 24.3 Å². The Hall–Kier alpha value is -0.640. The number of aliphatic hydroxyl groups excluding tert-OH is 2. The second-order valence-electron chi connectivity index (χ2n) is 3.61. The van der Waals surface area contributed by atoms with Gasteiger partial charge in [-0.05, 0) is 13.3 Å². The van der Waals surface area contributed by atoms with Crippen molar-refractivity contribution in [1.29, 1.82) is 0 Å². The largest absolute Gasteiger partial charge is 0.394 e. The van der Waals surface area contributed by atoms with E-state index in [4.69, 9.17) is 9.84 Å². The lowest BCUT2D eigenvalue weighted by Gasteiger charge is -2.21. The van der Waals surface area contributed by atoms with Gasteiger partial charge in [-0.2, -0.15) is 0 Å². The number of allylic oxidation sites excluding steroid dienone is 3. The van der Waals surface area contributed by atoms with Gasteiger partial charge in [0.2, 0.25) is 0 Å². The van der Waals surface area contributed by atoms with Gasteiger partial charge in [-0.3, -0.25) is 0 Å². The van der Waals surface area contributed by atoms with Crippen LogP contribution < -0.4 is 0 Å². The molecule has 1 rings (SSSR count). The molecule has 3 unspecified atom stereocenters. The van der Waals surface area contributed by atoms with Gasteiger partial charge >= 0.3 is 0 Å². The summed E-state index contributed by atoms with van der Waals surface area (Å²) in [7, 11) is 0. The Kier molecular flexibility index (Phi) is 4.87. The number of hydrogen-bond acceptors (Lipinski definition) is 3. The molecule has 1 aliphatic carbocycles. The molecule has 0 aromatic heterocycles. The van der Waals surface area contributed by atoms with Gasteiger partial charge in [-0.25, -0.2) is 0 Å². The summed E-state index contributed by atoms with van der Waals surface area (Å²) in [6, 6.07) is 0. The van der Waals surface area contributed by atoms with Crippen LogP contribution in [0.4, 0.5) is 0 Å². The first-order chi connectivity index (χ1) is 6.74. The number of aliphatic hydroxyl groups is 2. The van der Waals surface area contributed by atoms with Crippen LogP contribution in [-0.4, -0.2) is 35.6 Å². The Bertz CT molecular complexity index is 211. The van der Waals surface area contributed by atoms with Gasteiger partial charge in [0.25, 0.3) is 0 Å². The summed E-state index contributed by atoms with van der Waals surface area (Å²) in [5, 5.41) is 18.5. The fourth-order valence-electron chi connectivity index (χ4n) is 1.32. The molecule has 3 atom stereocenters. The molecule has 0 aromatic carbocycles. The predicted octanol–water partition coefficient (Wildman–Crippen LogP) is 0.877. The van der Waals surface area contributed by atoms with E-state index in [2.05, 4.69) is 0 Å². The smallest absolute Gasteiger partial charge is 0.0839 e. The van der Waals surface area contributed by atoms with Crippen LogP contribution in [0, 0.1) is 5.92 Å². The van der Waals surface area contributed by atoms with Crippen molar-refractivity contribution in [2.45, 2.75) is 25.6 Å². The maximum Gasteiger partial charge on any atom is 0.0839 e. The lowest BCUT2D eigenvalue weighted by Crippen LogP contribution is -2.28. The molecule has 0 saturated carbocycles. The zero-order valence-electron chi connectivity index (χ0n) is 8.47. The van der Waals surface area contributed by atoms with Gasteiger partial charge in [0.05, 0.1) is 25.4 Å². The highest BCUT2D eigenvalue weighted by atomic mass is 16.5. The second kappa shape index (κ2) is 5.96. The molecule has 0 spiro atoms. The molecule has 80 valence electrons. The normalized spacial score (nSPS) is 24.9. The first-order valence-electron chi connectivity index (χ1n) is 4.98. The number of hydrogen-bond donors (Lipinski definition) is 2. The van der Waals surface area contributed by atoms with E-state index in [0.29, 0.717) is 0 Å². The molecular weight excluding hydrogens is 180 g/mol. The Morgan fingerprint density at radius 2 is 2.29 bits per heavy atom. The highest BCUT2D eigenvalue weighted by Gasteiger charge is 2.17. The quantitative estimate of drug-likeness (QED) is 0.689. The molecule has 3 nitrogen and oxygen atoms in total. The highest BCUT2D eigenvalue weighted by Crippen LogP contribution is 2.16. The fourth-order valence-corrected chi connectivity index (χ4v) is 1.32. The van der Waals surface area contributed by atoms with Crippen molar-refractivity contribution in [3.63, 3.8) is 0 Å². The van der Waals surface area contributed by atoms with Crippen LogP contribution in [0.15, 0.2) is 24.3 Å². The molecule has 0 fully saturated rings. The minimum absolute atomic E-state index is 0.00682. The summed E-state index contributed by atoms with van der Waals surface area (Å²) >= 11 is 0. The van der Waals surface area contributed by atoms with Crippen LogP contribution in [0.1, 0.15) is 13.3 Å². The molecule has 0 radical (unpaired) electrons. The van der Waals surface area contributed by atoms with Crippen LogP contribution in [0.25, 0.3) is 0 Å². The van der Waals surface area contributed by atoms with Crippen molar-refractivity contribution in [2.24, 2.45) is 5.92 Å². The summed E-state index contributed by atoms with van der Waals surface area (Å²) in [6.07, 6.45) is 8.10. The van der Waals surface area contributed by atoms with E-state index in [1.54, 1.807) is 6.92 Å². The molecule has 3 heteroatoms. The number of ether oxygens (including phenoxy) is 1. The average molecular weight is 198 g/mol. The van der Waals surface area contributed by atoms with Crippen molar-refractivity contribution in [3.8, 4) is 0 Å². The third kappa shape index (κ3) is 3.62. The summed E-state index contributed by atoms with van der Waals surface area (Å²) in [5.74, 6) is 0.144. The van der Waals surface area contributed by atoms with Gasteiger partial charge < -0.3 is 14.9 Å². The minimum Gasteiger partial charge on any atom is -0.394 e. The van der Waals surface area contributed by atoms with Crippen LogP contribution in [0.5, 0.6) is 0 Å². The van der Waals surface area contributed by atoms with E-state index in [0.717, 1.165) is 6.42 Å². The van der Waals surface area contributed by atoms with Gasteiger partial charge in [-0.15, -0.1) is 0 Å². The zero-order valence-corrected chi connectivity index (χ0v) is 8.47. The molecule has 0 bridgehead atoms. The Morgan fingerprint density at radius 3 is 2.86 bits per heavy atom. The van der Waals surface area contributed by atoms with Crippen molar-refractivity contribution < 1.29 is 14.9 Å². The third-order valence-electron chi connectivity index (χ3n) is 2.32. The lowest BCUT2D eigenvalue weighted by atomic mass is 9.95. The van der Waals surface area contributed by atoms with E-state index in [9.17, 15) is 5.11 Å². The van der Waals surface area contributed by atoms with Crippen LogP contribution >= 0.6 is 0 Å². The third-order valence-corrected chi connectivity index (χ3v) is 2.32. The maximum absolute atomic E-state index is 9.73. The molecule has 0 amide bonds. The van der Waals surface area contributed by atoms with Crippen molar-refractivity contribution in [3.05, 3.63) is 24.3 Å². The molecule has 0 saturated heterocycles. The van der Waals surface area contributed by atoms with Gasteiger partial charge in [0, 0.05) is 5.92 Å². The standard InChI is InChI=1S/C11H18O3/c1-9(7-12)14-8-11(13)10-5-3-2-4-6-10/h2-5,9-13H,6-8H2,1H3. The SMILES string of the molecule is CC(CO)OCC(O)C1C=CC=CC1. The van der Waals surface area contributed by atoms with Gasteiger partial charge in [-0.1, -0.05) is 24.3 Å². The minimum atomic E-state index is -0.481. The molecule has 0 heterocycles. The van der Waals surface area contributed by atoms with Crippen molar-refractivity contribution in [2.75, 3.05) is 13.2 Å². The molecule has 14 heavy (non-hydrogen) atoms. The Balaban J connectivity index is 2.24.